The summed E-state index contributed by atoms with van der Waals surface area (Å²) in [5.74, 6) is 1.32. The van der Waals surface area contributed by atoms with E-state index in [-0.39, 0.29) is 0 Å². The zero-order valence-corrected chi connectivity index (χ0v) is 14.3. The van der Waals surface area contributed by atoms with Crippen molar-refractivity contribution in [3.63, 3.8) is 0 Å². The Balaban J connectivity index is 1.88. The largest absolute Gasteiger partial charge is 0.326 e. The van der Waals surface area contributed by atoms with E-state index in [1.165, 1.54) is 5.56 Å². The molecule has 0 bridgehead atoms. The summed E-state index contributed by atoms with van der Waals surface area (Å²) in [6.45, 7) is 4.96. The maximum Gasteiger partial charge on any atom is 0.229 e. The Labute approximate surface area is 147 Å². The highest BCUT2D eigenvalue weighted by atomic mass is 15.2. The average molecular weight is 329 g/mol. The van der Waals surface area contributed by atoms with Crippen molar-refractivity contribution in [2.75, 3.05) is 16.8 Å². The maximum atomic E-state index is 9.01. The van der Waals surface area contributed by atoms with Crippen LogP contribution in [0.2, 0.25) is 0 Å². The highest BCUT2D eigenvalue weighted by molar-refractivity contribution is 5.63. The van der Waals surface area contributed by atoms with Crippen LogP contribution in [0.5, 0.6) is 0 Å². The number of aryl methyl sites for hydroxylation is 1. The number of aromatic nitrogens is 2. The van der Waals surface area contributed by atoms with Crippen LogP contribution in [0.25, 0.3) is 0 Å². The van der Waals surface area contributed by atoms with Gasteiger partial charge in [0.25, 0.3) is 0 Å². The predicted octanol–water partition coefficient (Wildman–Crippen LogP) is 4.56. The molecule has 1 aromatic heterocycles. The van der Waals surface area contributed by atoms with Crippen molar-refractivity contribution >= 4 is 23.1 Å². The van der Waals surface area contributed by atoms with E-state index in [1.807, 2.05) is 24.3 Å². The fourth-order valence-electron chi connectivity index (χ4n) is 2.63. The Morgan fingerprint density at radius 1 is 1.12 bits per heavy atom. The summed E-state index contributed by atoms with van der Waals surface area (Å²) < 4.78 is 0. The standard InChI is InChI=1S/C20H19N5/c1-3-25(18-9-4-6-15(2)12-18)19-10-11-22-20(24-19)23-17-8-5-7-16(13-17)14-21/h4-13H,3H2,1-2H3,(H,22,23,24). The van der Waals surface area contributed by atoms with Crippen LogP contribution < -0.4 is 10.2 Å². The van der Waals surface area contributed by atoms with Gasteiger partial charge in [0.15, 0.2) is 0 Å². The molecule has 1 heterocycles. The van der Waals surface area contributed by atoms with E-state index in [0.29, 0.717) is 11.5 Å². The lowest BCUT2D eigenvalue weighted by atomic mass is 10.2. The van der Waals surface area contributed by atoms with Crippen molar-refractivity contribution in [3.05, 3.63) is 71.9 Å². The highest BCUT2D eigenvalue weighted by Crippen LogP contribution is 2.25. The molecule has 0 aliphatic rings. The molecular formula is C20H19N5. The smallest absolute Gasteiger partial charge is 0.229 e. The predicted molar refractivity (Wildman–Crippen MR) is 100 cm³/mol. The van der Waals surface area contributed by atoms with Gasteiger partial charge in [0.1, 0.15) is 5.82 Å². The second-order valence-electron chi connectivity index (χ2n) is 5.64. The molecule has 0 unspecified atom stereocenters. The van der Waals surface area contributed by atoms with Gasteiger partial charge >= 0.3 is 0 Å². The van der Waals surface area contributed by atoms with Crippen LogP contribution in [-0.2, 0) is 0 Å². The van der Waals surface area contributed by atoms with Crippen molar-refractivity contribution in [1.82, 2.24) is 9.97 Å². The Hall–Kier alpha value is -3.39. The van der Waals surface area contributed by atoms with E-state index in [1.54, 1.807) is 18.3 Å². The lowest BCUT2D eigenvalue weighted by Gasteiger charge is -2.22. The minimum Gasteiger partial charge on any atom is -0.326 e. The number of nitriles is 1. The van der Waals surface area contributed by atoms with Crippen LogP contribution >= 0.6 is 0 Å². The number of nitrogens with zero attached hydrogens (tertiary/aromatic N) is 4. The maximum absolute atomic E-state index is 9.01. The third-order valence-electron chi connectivity index (χ3n) is 3.79. The summed E-state index contributed by atoms with van der Waals surface area (Å²) in [6.07, 6.45) is 1.73. The molecule has 0 aliphatic carbocycles. The number of rotatable bonds is 5. The van der Waals surface area contributed by atoms with Crippen LogP contribution in [0, 0.1) is 18.3 Å². The van der Waals surface area contributed by atoms with Gasteiger partial charge in [-0.1, -0.05) is 18.2 Å². The Kier molecular flexibility index (Phi) is 4.91. The summed E-state index contributed by atoms with van der Waals surface area (Å²) in [5, 5.41) is 12.2. The van der Waals surface area contributed by atoms with Crippen LogP contribution in [0.3, 0.4) is 0 Å². The zero-order chi connectivity index (χ0) is 17.6. The molecule has 5 heteroatoms. The van der Waals surface area contributed by atoms with Gasteiger partial charge in [-0.25, -0.2) is 4.98 Å². The number of hydrogen-bond acceptors (Lipinski definition) is 5. The monoisotopic (exact) mass is 329 g/mol. The first kappa shape index (κ1) is 16.5. The van der Waals surface area contributed by atoms with E-state index >= 15 is 0 Å². The molecular weight excluding hydrogens is 310 g/mol. The minimum atomic E-state index is 0.499. The molecule has 5 nitrogen and oxygen atoms in total. The zero-order valence-electron chi connectivity index (χ0n) is 14.3. The third kappa shape index (κ3) is 3.93. The number of hydrogen-bond donors (Lipinski definition) is 1. The first-order valence-electron chi connectivity index (χ1n) is 8.14. The summed E-state index contributed by atoms with van der Waals surface area (Å²) in [6, 6.07) is 19.6. The Morgan fingerprint density at radius 2 is 1.96 bits per heavy atom. The van der Waals surface area contributed by atoms with Crippen molar-refractivity contribution in [2.24, 2.45) is 0 Å². The topological polar surface area (TPSA) is 64.8 Å². The summed E-state index contributed by atoms with van der Waals surface area (Å²) in [4.78, 5) is 11.0. The van der Waals surface area contributed by atoms with E-state index < -0.39 is 0 Å². The molecule has 3 aromatic rings. The highest BCUT2D eigenvalue weighted by Gasteiger charge is 2.10. The quantitative estimate of drug-likeness (QED) is 0.743. The molecule has 3 rings (SSSR count). The van der Waals surface area contributed by atoms with Crippen molar-refractivity contribution in [2.45, 2.75) is 13.8 Å². The van der Waals surface area contributed by atoms with Crippen LogP contribution in [0.15, 0.2) is 60.8 Å². The number of anilines is 4. The molecule has 0 spiro atoms. The second-order valence-corrected chi connectivity index (χ2v) is 5.64. The number of benzene rings is 2. The molecule has 0 atom stereocenters. The van der Waals surface area contributed by atoms with Gasteiger partial charge < -0.3 is 10.2 Å². The summed E-state index contributed by atoms with van der Waals surface area (Å²) >= 11 is 0. The molecule has 0 saturated heterocycles. The van der Waals surface area contributed by atoms with Gasteiger partial charge in [-0.05, 0) is 55.8 Å². The van der Waals surface area contributed by atoms with Crippen LogP contribution in [0.4, 0.5) is 23.1 Å². The van der Waals surface area contributed by atoms with E-state index in [9.17, 15) is 0 Å². The summed E-state index contributed by atoms with van der Waals surface area (Å²) in [5.41, 5.74) is 3.68. The summed E-state index contributed by atoms with van der Waals surface area (Å²) in [7, 11) is 0. The van der Waals surface area contributed by atoms with E-state index in [4.69, 9.17) is 5.26 Å². The SMILES string of the molecule is CCN(c1cccc(C)c1)c1ccnc(Nc2cccc(C#N)c2)n1. The van der Waals surface area contributed by atoms with Gasteiger partial charge in [-0.2, -0.15) is 10.2 Å². The Bertz CT molecular complexity index is 914. The lowest BCUT2D eigenvalue weighted by Crippen LogP contribution is -2.18. The van der Waals surface area contributed by atoms with Crippen molar-refractivity contribution < 1.29 is 0 Å². The van der Waals surface area contributed by atoms with Gasteiger partial charge in [0.2, 0.25) is 5.95 Å². The van der Waals surface area contributed by atoms with Gasteiger partial charge in [-0.15, -0.1) is 0 Å². The Morgan fingerprint density at radius 3 is 2.72 bits per heavy atom. The fraction of sp³-hybridized carbons (Fsp3) is 0.150. The van der Waals surface area contributed by atoms with Crippen molar-refractivity contribution in [3.8, 4) is 6.07 Å². The van der Waals surface area contributed by atoms with Gasteiger partial charge in [-0.3, -0.25) is 0 Å². The molecule has 1 N–H and O–H groups in total. The third-order valence-corrected chi connectivity index (χ3v) is 3.79. The van der Waals surface area contributed by atoms with Gasteiger partial charge in [0, 0.05) is 24.1 Å². The molecule has 2 aromatic carbocycles. The lowest BCUT2D eigenvalue weighted by molar-refractivity contribution is 0.977. The van der Waals surface area contributed by atoms with Crippen LogP contribution in [0.1, 0.15) is 18.1 Å². The van der Waals surface area contributed by atoms with Crippen LogP contribution in [-0.4, -0.2) is 16.5 Å². The normalized spacial score (nSPS) is 10.1. The second kappa shape index (κ2) is 7.45. The minimum absolute atomic E-state index is 0.499. The van der Waals surface area contributed by atoms with E-state index in [0.717, 1.165) is 23.7 Å². The van der Waals surface area contributed by atoms with E-state index in [2.05, 4.69) is 58.3 Å². The molecule has 0 fully saturated rings. The molecule has 0 radical (unpaired) electrons. The fourth-order valence-corrected chi connectivity index (χ4v) is 2.63. The molecule has 0 amide bonds. The average Bonchev–Trinajstić information content (AvgIpc) is 2.63. The molecule has 0 saturated carbocycles. The number of nitrogens with one attached hydrogen (secondary N) is 1. The van der Waals surface area contributed by atoms with Crippen molar-refractivity contribution in [1.29, 1.82) is 5.26 Å². The molecule has 25 heavy (non-hydrogen) atoms. The molecule has 124 valence electrons. The van der Waals surface area contributed by atoms with Gasteiger partial charge in [0.05, 0.1) is 11.6 Å². The first-order valence-corrected chi connectivity index (χ1v) is 8.14. The first-order chi connectivity index (χ1) is 12.2. The molecule has 0 aliphatic heterocycles.